The maximum atomic E-state index is 6.34. The van der Waals surface area contributed by atoms with Gasteiger partial charge in [-0.25, -0.2) is 0 Å². The van der Waals surface area contributed by atoms with Gasteiger partial charge in [0.2, 0.25) is 0 Å². The number of ether oxygens (including phenoxy) is 2. The van der Waals surface area contributed by atoms with E-state index in [4.69, 9.17) is 9.47 Å². The number of hydrogen-bond acceptors (Lipinski definition) is 2. The van der Waals surface area contributed by atoms with Crippen molar-refractivity contribution in [2.75, 3.05) is 0 Å². The van der Waals surface area contributed by atoms with Crippen molar-refractivity contribution in [1.82, 2.24) is 0 Å². The standard InChI is InChI=1S/C21H36O2/c1-11-21(10,23-19(5,6)7)17-14-12-16(13-15-17)20(8,9)22-18(2,3)4/h12-15H,11H2,1-10H3. The molecule has 1 rings (SSSR count). The molecular formula is C21H36O2. The second-order valence-electron chi connectivity index (χ2n) is 9.10. The van der Waals surface area contributed by atoms with Gasteiger partial charge >= 0.3 is 0 Å². The summed E-state index contributed by atoms with van der Waals surface area (Å²) in [5.74, 6) is 0. The fourth-order valence-corrected chi connectivity index (χ4v) is 3.06. The summed E-state index contributed by atoms with van der Waals surface area (Å²) < 4.78 is 12.5. The predicted octanol–water partition coefficient (Wildman–Crippen LogP) is 6.18. The van der Waals surface area contributed by atoms with Crippen LogP contribution < -0.4 is 0 Å². The zero-order chi connectivity index (χ0) is 18.1. The van der Waals surface area contributed by atoms with Gasteiger partial charge in [0.05, 0.1) is 22.4 Å². The van der Waals surface area contributed by atoms with Crippen molar-refractivity contribution < 1.29 is 9.47 Å². The molecule has 0 heterocycles. The van der Waals surface area contributed by atoms with Crippen molar-refractivity contribution in [3.63, 3.8) is 0 Å². The van der Waals surface area contributed by atoms with E-state index in [1.54, 1.807) is 0 Å². The zero-order valence-corrected chi connectivity index (χ0v) is 16.8. The molecule has 1 aromatic rings. The Morgan fingerprint density at radius 1 is 0.652 bits per heavy atom. The van der Waals surface area contributed by atoms with Crippen LogP contribution in [0.1, 0.15) is 86.8 Å². The molecule has 23 heavy (non-hydrogen) atoms. The molecule has 0 fully saturated rings. The van der Waals surface area contributed by atoms with Gasteiger partial charge < -0.3 is 9.47 Å². The average molecular weight is 321 g/mol. The average Bonchev–Trinajstić information content (AvgIpc) is 2.34. The van der Waals surface area contributed by atoms with E-state index in [1.165, 1.54) is 11.1 Å². The van der Waals surface area contributed by atoms with Crippen molar-refractivity contribution >= 4 is 0 Å². The Morgan fingerprint density at radius 2 is 1.04 bits per heavy atom. The van der Waals surface area contributed by atoms with Gasteiger partial charge in [0, 0.05) is 0 Å². The molecule has 0 aliphatic heterocycles. The summed E-state index contributed by atoms with van der Waals surface area (Å²) in [6.45, 7) is 21.2. The minimum atomic E-state index is -0.315. The van der Waals surface area contributed by atoms with Crippen LogP contribution in [-0.4, -0.2) is 11.2 Å². The first-order chi connectivity index (χ1) is 10.2. The predicted molar refractivity (Wildman–Crippen MR) is 98.8 cm³/mol. The third kappa shape index (κ3) is 5.93. The van der Waals surface area contributed by atoms with Gasteiger partial charge in [0.15, 0.2) is 0 Å². The summed E-state index contributed by atoms with van der Waals surface area (Å²) in [7, 11) is 0. The van der Waals surface area contributed by atoms with Crippen LogP contribution in [0.4, 0.5) is 0 Å². The monoisotopic (exact) mass is 320 g/mol. The van der Waals surface area contributed by atoms with E-state index >= 15 is 0 Å². The fourth-order valence-electron chi connectivity index (χ4n) is 3.06. The summed E-state index contributed by atoms with van der Waals surface area (Å²) in [6, 6.07) is 8.69. The van der Waals surface area contributed by atoms with Crippen LogP contribution in [0.25, 0.3) is 0 Å². The van der Waals surface area contributed by atoms with Gasteiger partial charge in [-0.2, -0.15) is 0 Å². The molecule has 0 saturated carbocycles. The molecule has 1 aromatic carbocycles. The minimum absolute atomic E-state index is 0.169. The van der Waals surface area contributed by atoms with E-state index in [1.807, 2.05) is 0 Å². The highest BCUT2D eigenvalue weighted by Crippen LogP contribution is 2.36. The molecule has 0 radical (unpaired) electrons. The van der Waals surface area contributed by atoms with Crippen molar-refractivity contribution in [3.8, 4) is 0 Å². The quantitative estimate of drug-likeness (QED) is 0.645. The molecule has 0 spiro atoms. The lowest BCUT2D eigenvalue weighted by Crippen LogP contribution is -2.35. The first-order valence-corrected chi connectivity index (χ1v) is 8.70. The molecule has 0 aliphatic carbocycles. The summed E-state index contributed by atoms with van der Waals surface area (Å²) in [4.78, 5) is 0. The van der Waals surface area contributed by atoms with E-state index in [2.05, 4.69) is 93.5 Å². The van der Waals surface area contributed by atoms with Crippen LogP contribution in [0.5, 0.6) is 0 Å². The highest BCUT2D eigenvalue weighted by Gasteiger charge is 2.32. The lowest BCUT2D eigenvalue weighted by atomic mass is 9.88. The highest BCUT2D eigenvalue weighted by atomic mass is 16.5. The first-order valence-electron chi connectivity index (χ1n) is 8.70. The van der Waals surface area contributed by atoms with Crippen LogP contribution in [0.3, 0.4) is 0 Å². The number of rotatable bonds is 5. The third-order valence-corrected chi connectivity index (χ3v) is 3.96. The lowest BCUT2D eigenvalue weighted by Gasteiger charge is -2.37. The van der Waals surface area contributed by atoms with E-state index in [-0.39, 0.29) is 22.4 Å². The Hall–Kier alpha value is -0.860. The second-order valence-corrected chi connectivity index (χ2v) is 9.10. The molecule has 1 atom stereocenters. The first kappa shape index (κ1) is 20.2. The molecule has 132 valence electrons. The topological polar surface area (TPSA) is 18.5 Å². The Kier molecular flexibility index (Phi) is 5.76. The Morgan fingerprint density at radius 3 is 1.39 bits per heavy atom. The smallest absolute Gasteiger partial charge is 0.0907 e. The molecule has 1 unspecified atom stereocenters. The maximum Gasteiger partial charge on any atom is 0.0907 e. The van der Waals surface area contributed by atoms with Crippen LogP contribution in [0, 0.1) is 0 Å². The van der Waals surface area contributed by atoms with Gasteiger partial charge in [-0.1, -0.05) is 31.2 Å². The molecule has 0 bridgehead atoms. The van der Waals surface area contributed by atoms with Crippen molar-refractivity contribution in [1.29, 1.82) is 0 Å². The third-order valence-electron chi connectivity index (χ3n) is 3.96. The van der Waals surface area contributed by atoms with Gasteiger partial charge in [0.1, 0.15) is 0 Å². The second kappa shape index (κ2) is 6.57. The molecule has 0 aliphatic rings. The summed E-state index contributed by atoms with van der Waals surface area (Å²) in [6.07, 6.45) is 0.936. The van der Waals surface area contributed by atoms with Crippen molar-refractivity contribution in [2.24, 2.45) is 0 Å². The largest absolute Gasteiger partial charge is 0.365 e. The molecule has 0 N–H and O–H groups in total. The fraction of sp³-hybridized carbons (Fsp3) is 0.714. The molecule has 0 saturated heterocycles. The van der Waals surface area contributed by atoms with E-state index in [9.17, 15) is 0 Å². The maximum absolute atomic E-state index is 6.34. The SMILES string of the molecule is CCC(C)(OC(C)(C)C)c1ccc(C(C)(C)OC(C)(C)C)cc1. The van der Waals surface area contributed by atoms with Gasteiger partial charge in [-0.3, -0.25) is 0 Å². The lowest BCUT2D eigenvalue weighted by molar-refractivity contribution is -0.130. The Bertz CT molecular complexity index is 500. The van der Waals surface area contributed by atoms with E-state index in [0.29, 0.717) is 0 Å². The number of hydrogen-bond donors (Lipinski definition) is 0. The molecule has 0 amide bonds. The van der Waals surface area contributed by atoms with E-state index < -0.39 is 0 Å². The zero-order valence-electron chi connectivity index (χ0n) is 16.8. The van der Waals surface area contributed by atoms with E-state index in [0.717, 1.165) is 6.42 Å². The van der Waals surface area contributed by atoms with Crippen LogP contribution >= 0.6 is 0 Å². The van der Waals surface area contributed by atoms with Gasteiger partial charge in [0.25, 0.3) is 0 Å². The minimum Gasteiger partial charge on any atom is -0.365 e. The van der Waals surface area contributed by atoms with Crippen LogP contribution in [-0.2, 0) is 20.7 Å². The van der Waals surface area contributed by atoms with Gasteiger partial charge in [-0.15, -0.1) is 0 Å². The molecule has 2 nitrogen and oxygen atoms in total. The van der Waals surface area contributed by atoms with Crippen molar-refractivity contribution in [2.45, 2.75) is 98.1 Å². The van der Waals surface area contributed by atoms with Crippen LogP contribution in [0.15, 0.2) is 24.3 Å². The summed E-state index contributed by atoms with van der Waals surface area (Å²) in [5.41, 5.74) is 1.47. The highest BCUT2D eigenvalue weighted by molar-refractivity contribution is 5.30. The Labute approximate surface area is 143 Å². The molecular weight excluding hydrogens is 284 g/mol. The van der Waals surface area contributed by atoms with Crippen LogP contribution in [0.2, 0.25) is 0 Å². The number of benzene rings is 1. The van der Waals surface area contributed by atoms with Gasteiger partial charge in [-0.05, 0) is 79.9 Å². The molecule has 2 heteroatoms. The summed E-state index contributed by atoms with van der Waals surface area (Å²) >= 11 is 0. The summed E-state index contributed by atoms with van der Waals surface area (Å²) in [5, 5.41) is 0. The Balaban J connectivity index is 3.07. The normalized spacial score (nSPS) is 16.3. The molecule has 0 aromatic heterocycles. The van der Waals surface area contributed by atoms with Crippen molar-refractivity contribution in [3.05, 3.63) is 35.4 Å².